The Balaban J connectivity index is 1.94. The number of carbonyl (C=O) groups is 2. The first-order valence-corrected chi connectivity index (χ1v) is 12.3. The maximum absolute atomic E-state index is 12.8. The number of esters is 2. The minimum Gasteiger partial charge on any atom is -0.458 e. The number of ether oxygens (including phenoxy) is 2. The van der Waals surface area contributed by atoms with Gasteiger partial charge in [-0.2, -0.15) is 0 Å². The maximum Gasteiger partial charge on any atom is 0.334 e. The van der Waals surface area contributed by atoms with Crippen LogP contribution in [0.2, 0.25) is 0 Å². The SMILES string of the molecule is C/C=C(\C)C(=O)O[C@H]1C(C)=C[C@]23C(O)[C@@H](C=C(CO)[C@@H](O)[C@]12O)[C@@H]1C(C)(C)[C@]1(OC(C)=O)C[C@H]3C. The summed E-state index contributed by atoms with van der Waals surface area (Å²) in [6.07, 6.45) is 1.24. The molecule has 35 heavy (non-hydrogen) atoms. The highest BCUT2D eigenvalue weighted by molar-refractivity contribution is 5.88. The molecule has 4 aliphatic rings. The Hall–Kier alpha value is -2.00. The average molecular weight is 491 g/mol. The van der Waals surface area contributed by atoms with Crippen LogP contribution in [0.25, 0.3) is 0 Å². The number of fused-ring (bicyclic) bond motifs is 3. The van der Waals surface area contributed by atoms with E-state index >= 15 is 0 Å². The van der Waals surface area contributed by atoms with Crippen molar-refractivity contribution in [3.8, 4) is 0 Å². The minimum atomic E-state index is -2.15. The highest BCUT2D eigenvalue weighted by Crippen LogP contribution is 2.76. The van der Waals surface area contributed by atoms with Crippen LogP contribution < -0.4 is 0 Å². The van der Waals surface area contributed by atoms with Gasteiger partial charge in [-0.15, -0.1) is 0 Å². The molecule has 0 aliphatic heterocycles. The van der Waals surface area contributed by atoms with Gasteiger partial charge in [-0.1, -0.05) is 39.0 Å². The topological polar surface area (TPSA) is 134 Å². The van der Waals surface area contributed by atoms with Gasteiger partial charge in [0, 0.05) is 29.7 Å². The van der Waals surface area contributed by atoms with E-state index < -0.39 is 70.7 Å². The van der Waals surface area contributed by atoms with Crippen molar-refractivity contribution >= 4 is 11.9 Å². The Bertz CT molecular complexity index is 1040. The van der Waals surface area contributed by atoms with Gasteiger partial charge in [0.1, 0.15) is 17.3 Å². The molecule has 2 saturated carbocycles. The van der Waals surface area contributed by atoms with Crippen LogP contribution in [-0.4, -0.2) is 68.5 Å². The molecule has 1 unspecified atom stereocenters. The molecule has 8 nitrogen and oxygen atoms in total. The summed E-state index contributed by atoms with van der Waals surface area (Å²) >= 11 is 0. The summed E-state index contributed by atoms with van der Waals surface area (Å²) in [6, 6.07) is 0. The molecular weight excluding hydrogens is 452 g/mol. The van der Waals surface area contributed by atoms with Crippen LogP contribution in [0, 0.1) is 28.6 Å². The van der Waals surface area contributed by atoms with Gasteiger partial charge in [0.05, 0.1) is 18.1 Å². The van der Waals surface area contributed by atoms with Crippen LogP contribution in [0.4, 0.5) is 0 Å². The zero-order valence-electron chi connectivity index (χ0n) is 21.5. The van der Waals surface area contributed by atoms with Crippen LogP contribution >= 0.6 is 0 Å². The second kappa shape index (κ2) is 8.00. The van der Waals surface area contributed by atoms with Crippen molar-refractivity contribution in [3.05, 3.63) is 34.9 Å². The number of carbonyl (C=O) groups excluding carboxylic acids is 2. The van der Waals surface area contributed by atoms with Crippen LogP contribution in [-0.2, 0) is 19.1 Å². The van der Waals surface area contributed by atoms with Crippen molar-refractivity contribution in [3.63, 3.8) is 0 Å². The summed E-state index contributed by atoms with van der Waals surface area (Å²) in [6.45, 7) is 11.6. The van der Waals surface area contributed by atoms with Crippen molar-refractivity contribution in [1.82, 2.24) is 0 Å². The zero-order chi connectivity index (χ0) is 26.3. The molecule has 0 saturated heterocycles. The normalized spacial score (nSPS) is 45.7. The van der Waals surface area contributed by atoms with Crippen LogP contribution in [0.5, 0.6) is 0 Å². The Labute approximate surface area is 206 Å². The molecular formula is C27H38O8. The summed E-state index contributed by atoms with van der Waals surface area (Å²) in [5.41, 5.74) is -3.96. The number of aliphatic hydroxyl groups is 4. The van der Waals surface area contributed by atoms with E-state index in [1.165, 1.54) is 6.92 Å². The molecule has 0 heterocycles. The fourth-order valence-corrected chi connectivity index (χ4v) is 7.78. The first-order valence-electron chi connectivity index (χ1n) is 12.3. The van der Waals surface area contributed by atoms with Gasteiger partial charge >= 0.3 is 11.9 Å². The van der Waals surface area contributed by atoms with Crippen molar-refractivity contribution < 1.29 is 39.5 Å². The van der Waals surface area contributed by atoms with Crippen molar-refractivity contribution in [2.75, 3.05) is 6.61 Å². The lowest BCUT2D eigenvalue weighted by Gasteiger charge is -2.52. The molecule has 0 aromatic heterocycles. The molecule has 0 aromatic rings. The fourth-order valence-electron chi connectivity index (χ4n) is 7.78. The molecule has 4 N–H and O–H groups in total. The standard InChI is InChI=1S/C27H38O8/c1-8-13(2)23(32)34-22-14(3)10-25-15(4)11-26(35-16(5)29)19(24(26,6)7)18(21(25)31)9-17(12-28)20(30)27(22,25)33/h8-10,15,18-22,28,30-31,33H,11-12H2,1-7H3/b13-8+/t15-,18+,19-,20-,21?,22+,25+,26+,27+/m1/s1. The second-order valence-corrected chi connectivity index (χ2v) is 11.5. The summed E-state index contributed by atoms with van der Waals surface area (Å²) in [7, 11) is 0. The number of hydrogen-bond acceptors (Lipinski definition) is 8. The van der Waals surface area contributed by atoms with Gasteiger partial charge in [-0.3, -0.25) is 4.79 Å². The van der Waals surface area contributed by atoms with Crippen molar-refractivity contribution in [2.24, 2.45) is 28.6 Å². The summed E-state index contributed by atoms with van der Waals surface area (Å²) in [5, 5.41) is 46.3. The molecule has 4 aliphatic carbocycles. The van der Waals surface area contributed by atoms with Gasteiger partial charge in [0.25, 0.3) is 0 Å². The summed E-state index contributed by atoms with van der Waals surface area (Å²) < 4.78 is 11.7. The molecule has 1 spiro atoms. The summed E-state index contributed by atoms with van der Waals surface area (Å²) in [4.78, 5) is 24.9. The highest BCUT2D eigenvalue weighted by Gasteiger charge is 2.83. The molecule has 194 valence electrons. The average Bonchev–Trinajstić information content (AvgIpc) is 3.17. The zero-order valence-corrected chi connectivity index (χ0v) is 21.5. The molecule has 8 heteroatoms. The monoisotopic (exact) mass is 490 g/mol. The number of rotatable bonds is 4. The maximum atomic E-state index is 12.8. The van der Waals surface area contributed by atoms with Gasteiger partial charge < -0.3 is 29.9 Å². The second-order valence-electron chi connectivity index (χ2n) is 11.5. The molecule has 4 rings (SSSR count). The number of aliphatic hydroxyl groups excluding tert-OH is 3. The smallest absolute Gasteiger partial charge is 0.334 e. The first-order chi connectivity index (χ1) is 16.2. The van der Waals surface area contributed by atoms with E-state index in [4.69, 9.17) is 9.47 Å². The quantitative estimate of drug-likeness (QED) is 0.266. The Morgan fingerprint density at radius 1 is 1.23 bits per heavy atom. The first kappa shape index (κ1) is 26.1. The van der Waals surface area contributed by atoms with Gasteiger partial charge in [-0.25, -0.2) is 4.79 Å². The van der Waals surface area contributed by atoms with E-state index in [0.717, 1.165) is 0 Å². The van der Waals surface area contributed by atoms with Crippen LogP contribution in [0.15, 0.2) is 34.9 Å². The highest BCUT2D eigenvalue weighted by atomic mass is 16.6. The minimum absolute atomic E-state index is 0.138. The lowest BCUT2D eigenvalue weighted by atomic mass is 9.58. The van der Waals surface area contributed by atoms with E-state index in [9.17, 15) is 30.0 Å². The van der Waals surface area contributed by atoms with Crippen LogP contribution in [0.3, 0.4) is 0 Å². The van der Waals surface area contributed by atoms with Crippen molar-refractivity contribution in [2.45, 2.75) is 84.4 Å². The predicted molar refractivity (Wildman–Crippen MR) is 127 cm³/mol. The van der Waals surface area contributed by atoms with Crippen molar-refractivity contribution in [1.29, 1.82) is 0 Å². The van der Waals surface area contributed by atoms with E-state index in [1.807, 2.05) is 20.8 Å². The molecule has 2 fully saturated rings. The Morgan fingerprint density at radius 2 is 1.86 bits per heavy atom. The Kier molecular flexibility index (Phi) is 5.96. The fraction of sp³-hybridized carbons (Fsp3) is 0.704. The predicted octanol–water partition coefficient (Wildman–Crippen LogP) is 1.81. The largest absolute Gasteiger partial charge is 0.458 e. The third-order valence-electron chi connectivity index (χ3n) is 9.59. The molecule has 0 amide bonds. The van der Waals surface area contributed by atoms with E-state index in [0.29, 0.717) is 17.6 Å². The van der Waals surface area contributed by atoms with E-state index in [-0.39, 0.29) is 11.5 Å². The van der Waals surface area contributed by atoms with Crippen LogP contribution in [0.1, 0.15) is 54.9 Å². The van der Waals surface area contributed by atoms with Gasteiger partial charge in [0.2, 0.25) is 0 Å². The lowest BCUT2D eigenvalue weighted by Crippen LogP contribution is -2.67. The van der Waals surface area contributed by atoms with E-state index in [1.54, 1.807) is 39.0 Å². The summed E-state index contributed by atoms with van der Waals surface area (Å²) in [5.74, 6) is -2.49. The third-order valence-corrected chi connectivity index (χ3v) is 9.59. The van der Waals surface area contributed by atoms with E-state index in [2.05, 4.69) is 0 Å². The molecule has 0 radical (unpaired) electrons. The number of hydrogen-bond donors (Lipinski definition) is 4. The lowest BCUT2D eigenvalue weighted by molar-refractivity contribution is -0.224. The molecule has 9 atom stereocenters. The van der Waals surface area contributed by atoms with Gasteiger partial charge in [0.15, 0.2) is 6.10 Å². The van der Waals surface area contributed by atoms with Gasteiger partial charge in [-0.05, 0) is 44.3 Å². The molecule has 0 aromatic carbocycles. The Morgan fingerprint density at radius 3 is 2.40 bits per heavy atom. The third kappa shape index (κ3) is 3.06. The number of allylic oxidation sites excluding steroid dienone is 1. The molecule has 2 bridgehead atoms.